The largest absolute Gasteiger partial charge is 0.439 e. The summed E-state index contributed by atoms with van der Waals surface area (Å²) >= 11 is 0. The van der Waals surface area contributed by atoms with Gasteiger partial charge < -0.3 is 10.1 Å². The topological polar surface area (TPSA) is 133 Å². The SMILES string of the molecule is Cc1nc(Oc2ccc(NS(C)(=O)=O)cc2)ccc1CN1CCC(N(C(=O)Nc2ccc3cn[nH]c3c2)c2ccccc2)CC1. The fourth-order valence-corrected chi connectivity index (χ4v) is 6.14. The Labute approximate surface area is 262 Å². The zero-order valence-electron chi connectivity index (χ0n) is 25.1. The van der Waals surface area contributed by atoms with Crippen LogP contribution in [-0.2, 0) is 16.6 Å². The summed E-state index contributed by atoms with van der Waals surface area (Å²) in [5, 5.41) is 11.1. The van der Waals surface area contributed by atoms with Gasteiger partial charge in [0.25, 0.3) is 0 Å². The third-order valence-corrected chi connectivity index (χ3v) is 8.42. The number of nitrogens with zero attached hydrogens (tertiary/aromatic N) is 4. The summed E-state index contributed by atoms with van der Waals surface area (Å²) in [5.41, 5.74) is 4.91. The van der Waals surface area contributed by atoms with Crippen LogP contribution in [0, 0.1) is 6.92 Å². The monoisotopic (exact) mass is 625 g/mol. The predicted molar refractivity (Wildman–Crippen MR) is 176 cm³/mol. The molecule has 6 rings (SSSR count). The van der Waals surface area contributed by atoms with Gasteiger partial charge in [-0.3, -0.25) is 19.6 Å². The molecule has 1 saturated heterocycles. The van der Waals surface area contributed by atoms with Crippen molar-refractivity contribution in [1.82, 2.24) is 20.1 Å². The fraction of sp³-hybridized carbons (Fsp3) is 0.242. The normalized spacial score (nSPS) is 14.3. The minimum atomic E-state index is -3.34. The molecule has 0 saturated carbocycles. The highest BCUT2D eigenvalue weighted by Gasteiger charge is 2.29. The molecule has 1 aliphatic rings. The molecule has 3 aromatic carbocycles. The standard InChI is InChI=1S/C33H35N7O4S/c1-23-25(9-15-32(35-23)44-30-13-11-26(12-14-30)38-45(2,42)43)22-39-18-16-29(17-19-39)40(28-6-4-3-5-7-28)33(41)36-27-10-8-24-21-34-37-31(24)20-27/h3-15,20-21,29,38H,16-19,22H2,1-2H3,(H,34,37)(H,36,41). The van der Waals surface area contributed by atoms with Gasteiger partial charge in [0.05, 0.1) is 18.0 Å². The molecule has 5 aromatic rings. The van der Waals surface area contributed by atoms with Crippen LogP contribution in [0.3, 0.4) is 0 Å². The Hall–Kier alpha value is -4.94. The van der Waals surface area contributed by atoms with Crippen molar-refractivity contribution in [2.75, 3.05) is 34.3 Å². The first kappa shape index (κ1) is 30.1. The molecule has 3 N–H and O–H groups in total. The van der Waals surface area contributed by atoms with E-state index in [1.165, 1.54) is 0 Å². The Balaban J connectivity index is 1.07. The van der Waals surface area contributed by atoms with E-state index in [-0.39, 0.29) is 12.1 Å². The van der Waals surface area contributed by atoms with Gasteiger partial charge in [-0.1, -0.05) is 24.3 Å². The van der Waals surface area contributed by atoms with Crippen LogP contribution in [0.25, 0.3) is 10.9 Å². The van der Waals surface area contributed by atoms with Crippen LogP contribution in [0.1, 0.15) is 24.1 Å². The maximum absolute atomic E-state index is 13.7. The number of nitrogens with one attached hydrogen (secondary N) is 3. The zero-order chi connectivity index (χ0) is 31.4. The van der Waals surface area contributed by atoms with Crippen molar-refractivity contribution in [2.45, 2.75) is 32.4 Å². The van der Waals surface area contributed by atoms with Crippen molar-refractivity contribution in [3.05, 3.63) is 102 Å². The van der Waals surface area contributed by atoms with Crippen LogP contribution in [0.2, 0.25) is 0 Å². The van der Waals surface area contributed by atoms with Gasteiger partial charge in [0.1, 0.15) is 5.75 Å². The number of rotatable bonds is 9. The molecule has 11 nitrogen and oxygen atoms in total. The van der Waals surface area contributed by atoms with E-state index in [2.05, 4.69) is 30.1 Å². The number of piperidine rings is 1. The second-order valence-electron chi connectivity index (χ2n) is 11.2. The van der Waals surface area contributed by atoms with E-state index in [9.17, 15) is 13.2 Å². The number of H-pyrrole nitrogens is 1. The Morgan fingerprint density at radius 1 is 1.00 bits per heavy atom. The number of anilines is 3. The first-order valence-corrected chi connectivity index (χ1v) is 16.6. The maximum Gasteiger partial charge on any atom is 0.326 e. The molecule has 1 fully saturated rings. The van der Waals surface area contributed by atoms with Gasteiger partial charge in [0.15, 0.2) is 0 Å². The van der Waals surface area contributed by atoms with E-state index in [0.29, 0.717) is 23.0 Å². The Morgan fingerprint density at radius 3 is 2.44 bits per heavy atom. The van der Waals surface area contributed by atoms with Gasteiger partial charge >= 0.3 is 6.03 Å². The average molecular weight is 626 g/mol. The van der Waals surface area contributed by atoms with E-state index in [1.807, 2.05) is 72.5 Å². The third-order valence-electron chi connectivity index (χ3n) is 7.81. The number of fused-ring (bicyclic) bond motifs is 1. The van der Waals surface area contributed by atoms with E-state index < -0.39 is 10.0 Å². The second-order valence-corrected chi connectivity index (χ2v) is 13.0. The van der Waals surface area contributed by atoms with Crippen molar-refractivity contribution in [1.29, 1.82) is 0 Å². The second kappa shape index (κ2) is 13.0. The minimum Gasteiger partial charge on any atom is -0.439 e. The number of amides is 2. The van der Waals surface area contributed by atoms with Crippen LogP contribution >= 0.6 is 0 Å². The number of carbonyl (C=O) groups is 1. The van der Waals surface area contributed by atoms with Gasteiger partial charge in [-0.15, -0.1) is 0 Å². The Kier molecular flexibility index (Phi) is 8.67. The molecular formula is C33H35N7O4S. The number of para-hydroxylation sites is 1. The van der Waals surface area contributed by atoms with Gasteiger partial charge in [0, 0.05) is 59.9 Å². The van der Waals surface area contributed by atoms with Crippen LogP contribution in [-0.4, -0.2) is 59.9 Å². The molecule has 0 aliphatic carbocycles. The Morgan fingerprint density at radius 2 is 1.73 bits per heavy atom. The molecule has 1 aliphatic heterocycles. The Bertz CT molecular complexity index is 1890. The minimum absolute atomic E-state index is 0.0496. The number of benzene rings is 3. The lowest BCUT2D eigenvalue weighted by Crippen LogP contribution is -2.49. The first-order chi connectivity index (χ1) is 21.7. The molecule has 45 heavy (non-hydrogen) atoms. The van der Waals surface area contributed by atoms with Gasteiger partial charge in [0.2, 0.25) is 15.9 Å². The van der Waals surface area contributed by atoms with Crippen LogP contribution in [0.5, 0.6) is 11.6 Å². The summed E-state index contributed by atoms with van der Waals surface area (Å²) < 4.78 is 31.2. The summed E-state index contributed by atoms with van der Waals surface area (Å²) in [6.07, 6.45) is 4.53. The summed E-state index contributed by atoms with van der Waals surface area (Å²) in [4.78, 5) is 22.6. The van der Waals surface area contributed by atoms with E-state index in [1.54, 1.807) is 30.5 Å². The molecule has 0 radical (unpaired) electrons. The summed E-state index contributed by atoms with van der Waals surface area (Å²) in [7, 11) is -3.34. The number of carbonyl (C=O) groups excluding carboxylic acids is 1. The molecule has 2 aromatic heterocycles. The van der Waals surface area contributed by atoms with E-state index in [4.69, 9.17) is 4.74 Å². The van der Waals surface area contributed by atoms with Crippen molar-refractivity contribution in [3.8, 4) is 11.6 Å². The number of hydrogen-bond donors (Lipinski definition) is 3. The number of aromatic nitrogens is 3. The molecule has 2 amide bonds. The lowest BCUT2D eigenvalue weighted by molar-refractivity contribution is 0.199. The number of aryl methyl sites for hydroxylation is 1. The summed E-state index contributed by atoms with van der Waals surface area (Å²) in [6, 6.07) is 26.0. The van der Waals surface area contributed by atoms with Crippen LogP contribution in [0.4, 0.5) is 21.9 Å². The van der Waals surface area contributed by atoms with Crippen molar-refractivity contribution in [2.24, 2.45) is 0 Å². The number of sulfonamides is 1. The number of hydrogen-bond acceptors (Lipinski definition) is 7. The predicted octanol–water partition coefficient (Wildman–Crippen LogP) is 6.13. The summed E-state index contributed by atoms with van der Waals surface area (Å²) in [6.45, 7) is 4.40. The molecule has 0 spiro atoms. The average Bonchev–Trinajstić information content (AvgIpc) is 3.48. The van der Waals surface area contributed by atoms with Crippen molar-refractivity contribution < 1.29 is 17.9 Å². The molecule has 3 heterocycles. The third kappa shape index (κ3) is 7.59. The van der Waals surface area contributed by atoms with Crippen molar-refractivity contribution in [3.63, 3.8) is 0 Å². The molecular weight excluding hydrogens is 590 g/mol. The lowest BCUT2D eigenvalue weighted by Gasteiger charge is -2.38. The number of urea groups is 1. The quantitative estimate of drug-likeness (QED) is 0.179. The lowest BCUT2D eigenvalue weighted by atomic mass is 10.0. The number of aromatic amines is 1. The fourth-order valence-electron chi connectivity index (χ4n) is 5.57. The molecule has 0 atom stereocenters. The van der Waals surface area contributed by atoms with Gasteiger partial charge in [-0.05, 0) is 79.9 Å². The number of likely N-dealkylation sites (tertiary alicyclic amines) is 1. The highest BCUT2D eigenvalue weighted by molar-refractivity contribution is 7.92. The van der Waals surface area contributed by atoms with Crippen LogP contribution < -0.4 is 19.7 Å². The van der Waals surface area contributed by atoms with Crippen molar-refractivity contribution >= 4 is 44.0 Å². The van der Waals surface area contributed by atoms with Gasteiger partial charge in [-0.25, -0.2) is 18.2 Å². The highest BCUT2D eigenvalue weighted by atomic mass is 32.2. The smallest absolute Gasteiger partial charge is 0.326 e. The maximum atomic E-state index is 13.7. The molecule has 0 bridgehead atoms. The zero-order valence-corrected chi connectivity index (χ0v) is 25.9. The highest BCUT2D eigenvalue weighted by Crippen LogP contribution is 2.28. The first-order valence-electron chi connectivity index (χ1n) is 14.7. The molecule has 232 valence electrons. The van der Waals surface area contributed by atoms with E-state index >= 15 is 0 Å². The van der Waals surface area contributed by atoms with E-state index in [0.717, 1.165) is 66.6 Å². The van der Waals surface area contributed by atoms with Crippen LogP contribution in [0.15, 0.2) is 91.1 Å². The number of ether oxygens (including phenoxy) is 1. The number of pyridine rings is 1. The molecule has 0 unspecified atom stereocenters. The molecule has 12 heteroatoms. The van der Waals surface area contributed by atoms with Gasteiger partial charge in [-0.2, -0.15) is 5.10 Å². The summed E-state index contributed by atoms with van der Waals surface area (Å²) in [5.74, 6) is 1.03.